The van der Waals surface area contributed by atoms with Crippen LogP contribution in [0.2, 0.25) is 5.15 Å². The number of nitrogens with zero attached hydrogens (tertiary/aromatic N) is 3. The van der Waals surface area contributed by atoms with Crippen LogP contribution >= 0.6 is 11.6 Å². The molecule has 2 aromatic heterocycles. The highest BCUT2D eigenvalue weighted by Gasteiger charge is 2.15. The highest BCUT2D eigenvalue weighted by atomic mass is 35.5. The Kier molecular flexibility index (Phi) is 4.17. The predicted molar refractivity (Wildman–Crippen MR) is 68.4 cm³/mol. The van der Waals surface area contributed by atoms with Crippen molar-refractivity contribution in [2.45, 2.75) is 20.1 Å². The Hall–Kier alpha value is -1.59. The fraction of sp³-hybridized carbons (Fsp3) is 0.333. The van der Waals surface area contributed by atoms with Crippen molar-refractivity contribution in [3.05, 3.63) is 41.2 Å². The van der Waals surface area contributed by atoms with Crippen molar-refractivity contribution >= 4 is 17.4 Å². The number of anilines is 1. The summed E-state index contributed by atoms with van der Waals surface area (Å²) in [5.74, 6) is 1.46. The zero-order valence-corrected chi connectivity index (χ0v) is 10.8. The summed E-state index contributed by atoms with van der Waals surface area (Å²) in [7, 11) is 0. The van der Waals surface area contributed by atoms with Gasteiger partial charge in [0.05, 0.1) is 25.0 Å². The van der Waals surface area contributed by atoms with Crippen LogP contribution in [0.1, 0.15) is 18.2 Å². The van der Waals surface area contributed by atoms with E-state index in [1.54, 1.807) is 6.26 Å². The topological polar surface area (TPSA) is 62.4 Å². The van der Waals surface area contributed by atoms with E-state index in [0.29, 0.717) is 17.9 Å². The number of aliphatic hydroxyl groups excluding tert-OH is 1. The predicted octanol–water partition coefficient (Wildman–Crippen LogP) is 2.24. The van der Waals surface area contributed by atoms with E-state index < -0.39 is 0 Å². The van der Waals surface area contributed by atoms with Gasteiger partial charge in [-0.05, 0) is 19.1 Å². The van der Waals surface area contributed by atoms with Gasteiger partial charge in [0, 0.05) is 6.54 Å². The second-order valence-corrected chi connectivity index (χ2v) is 4.08. The summed E-state index contributed by atoms with van der Waals surface area (Å²) < 4.78 is 5.31. The number of aliphatic hydroxyl groups is 1. The molecule has 6 heteroatoms. The van der Waals surface area contributed by atoms with Crippen molar-refractivity contribution in [3.63, 3.8) is 0 Å². The van der Waals surface area contributed by atoms with Crippen molar-refractivity contribution in [2.24, 2.45) is 0 Å². The van der Waals surface area contributed by atoms with E-state index in [2.05, 4.69) is 9.97 Å². The zero-order valence-electron chi connectivity index (χ0n) is 10.0. The minimum Gasteiger partial charge on any atom is -0.467 e. The number of aromatic nitrogens is 2. The van der Waals surface area contributed by atoms with Gasteiger partial charge in [0.15, 0.2) is 0 Å². The number of hydrogen-bond acceptors (Lipinski definition) is 5. The molecule has 0 unspecified atom stereocenters. The molecule has 0 bridgehead atoms. The lowest BCUT2D eigenvalue weighted by molar-refractivity contribution is 0.281. The van der Waals surface area contributed by atoms with Crippen molar-refractivity contribution in [1.29, 1.82) is 0 Å². The maximum Gasteiger partial charge on any atom is 0.140 e. The normalized spacial score (nSPS) is 10.6. The van der Waals surface area contributed by atoms with E-state index in [4.69, 9.17) is 16.0 Å². The number of hydrogen-bond donors (Lipinski definition) is 1. The molecule has 0 aromatic carbocycles. The molecule has 0 saturated carbocycles. The van der Waals surface area contributed by atoms with Gasteiger partial charge >= 0.3 is 0 Å². The van der Waals surface area contributed by atoms with Gasteiger partial charge in [-0.2, -0.15) is 0 Å². The molecule has 96 valence electrons. The van der Waals surface area contributed by atoms with Crippen LogP contribution in [0.15, 0.2) is 29.1 Å². The monoisotopic (exact) mass is 267 g/mol. The van der Waals surface area contributed by atoms with Gasteiger partial charge in [-0.15, -0.1) is 0 Å². The van der Waals surface area contributed by atoms with E-state index in [0.717, 1.165) is 12.3 Å². The summed E-state index contributed by atoms with van der Waals surface area (Å²) in [5.41, 5.74) is 0.535. The van der Waals surface area contributed by atoms with Gasteiger partial charge in [0.1, 0.15) is 23.1 Å². The van der Waals surface area contributed by atoms with E-state index >= 15 is 0 Å². The summed E-state index contributed by atoms with van der Waals surface area (Å²) in [6, 6.07) is 3.73. The Morgan fingerprint density at radius 1 is 1.44 bits per heavy atom. The quantitative estimate of drug-likeness (QED) is 0.842. The fourth-order valence-corrected chi connectivity index (χ4v) is 1.91. The van der Waals surface area contributed by atoms with Crippen LogP contribution in [0.4, 0.5) is 5.82 Å². The van der Waals surface area contributed by atoms with Crippen molar-refractivity contribution in [1.82, 2.24) is 9.97 Å². The molecule has 18 heavy (non-hydrogen) atoms. The second kappa shape index (κ2) is 5.84. The van der Waals surface area contributed by atoms with Gasteiger partial charge in [0.2, 0.25) is 0 Å². The zero-order chi connectivity index (χ0) is 13.0. The molecule has 0 saturated heterocycles. The summed E-state index contributed by atoms with van der Waals surface area (Å²) in [6.07, 6.45) is 3.02. The van der Waals surface area contributed by atoms with E-state index in [1.165, 1.54) is 6.33 Å². The molecule has 5 nitrogen and oxygen atoms in total. The maximum absolute atomic E-state index is 9.36. The SMILES string of the molecule is CCN(Cc1ccco1)c1ncnc(Cl)c1CO. The van der Waals surface area contributed by atoms with Crippen molar-refractivity contribution in [3.8, 4) is 0 Å². The summed E-state index contributed by atoms with van der Waals surface area (Å²) in [4.78, 5) is 10.0. The van der Waals surface area contributed by atoms with Gasteiger partial charge in [-0.1, -0.05) is 11.6 Å². The highest BCUT2D eigenvalue weighted by molar-refractivity contribution is 6.30. The Morgan fingerprint density at radius 2 is 2.28 bits per heavy atom. The Morgan fingerprint density at radius 3 is 2.89 bits per heavy atom. The Labute approximate surface area is 110 Å². The van der Waals surface area contributed by atoms with Crippen molar-refractivity contribution in [2.75, 3.05) is 11.4 Å². The van der Waals surface area contributed by atoms with Gasteiger partial charge in [0.25, 0.3) is 0 Å². The van der Waals surface area contributed by atoms with E-state index in [9.17, 15) is 5.11 Å². The van der Waals surface area contributed by atoms with Crippen LogP contribution in [0.5, 0.6) is 0 Å². The minimum absolute atomic E-state index is 0.191. The van der Waals surface area contributed by atoms with Crippen LogP contribution in [-0.2, 0) is 13.2 Å². The summed E-state index contributed by atoms with van der Waals surface area (Å²) in [5, 5.41) is 9.63. The molecule has 2 heterocycles. The van der Waals surface area contributed by atoms with Gasteiger partial charge in [-0.3, -0.25) is 0 Å². The molecule has 0 fully saturated rings. The summed E-state index contributed by atoms with van der Waals surface area (Å²) in [6.45, 7) is 3.11. The largest absolute Gasteiger partial charge is 0.467 e. The molecule has 0 radical (unpaired) electrons. The van der Waals surface area contributed by atoms with E-state index in [1.807, 2.05) is 24.0 Å². The van der Waals surface area contributed by atoms with Gasteiger partial charge < -0.3 is 14.4 Å². The Balaban J connectivity index is 2.30. The maximum atomic E-state index is 9.36. The molecule has 1 N–H and O–H groups in total. The smallest absolute Gasteiger partial charge is 0.140 e. The molecule has 0 amide bonds. The summed E-state index contributed by atoms with van der Waals surface area (Å²) >= 11 is 5.95. The molecule has 0 aliphatic heterocycles. The van der Waals surface area contributed by atoms with Crippen molar-refractivity contribution < 1.29 is 9.52 Å². The lowest BCUT2D eigenvalue weighted by Gasteiger charge is -2.22. The van der Waals surface area contributed by atoms with Crippen LogP contribution in [0, 0.1) is 0 Å². The van der Waals surface area contributed by atoms with Crippen LogP contribution in [0.25, 0.3) is 0 Å². The number of halogens is 1. The molecule has 0 aliphatic carbocycles. The van der Waals surface area contributed by atoms with Crippen LogP contribution < -0.4 is 4.90 Å². The lowest BCUT2D eigenvalue weighted by Crippen LogP contribution is -2.24. The van der Waals surface area contributed by atoms with E-state index in [-0.39, 0.29) is 11.8 Å². The number of furan rings is 1. The average molecular weight is 268 g/mol. The number of rotatable bonds is 5. The minimum atomic E-state index is -0.191. The first-order valence-electron chi connectivity index (χ1n) is 5.63. The molecule has 0 spiro atoms. The van der Waals surface area contributed by atoms with Gasteiger partial charge in [-0.25, -0.2) is 9.97 Å². The second-order valence-electron chi connectivity index (χ2n) is 3.72. The highest BCUT2D eigenvalue weighted by Crippen LogP contribution is 2.24. The molecule has 0 atom stereocenters. The first-order chi connectivity index (χ1) is 8.76. The Bertz CT molecular complexity index is 502. The molecule has 2 aromatic rings. The average Bonchev–Trinajstić information content (AvgIpc) is 2.88. The fourth-order valence-electron chi connectivity index (χ4n) is 1.72. The standard InChI is InChI=1S/C12H14ClN3O2/c1-2-16(6-9-4-3-5-18-9)12-10(7-17)11(13)14-8-15-12/h3-5,8,17H,2,6-7H2,1H3. The first kappa shape index (κ1) is 12.9. The first-order valence-corrected chi connectivity index (χ1v) is 6.01. The molecular formula is C12H14ClN3O2. The third-order valence-corrected chi connectivity index (χ3v) is 2.96. The van der Waals surface area contributed by atoms with Crippen LogP contribution in [0.3, 0.4) is 0 Å². The third-order valence-electron chi connectivity index (χ3n) is 2.64. The molecular weight excluding hydrogens is 254 g/mol. The molecule has 0 aliphatic rings. The lowest BCUT2D eigenvalue weighted by atomic mass is 10.3. The van der Waals surface area contributed by atoms with Crippen LogP contribution in [-0.4, -0.2) is 21.6 Å². The molecule has 2 rings (SSSR count). The third kappa shape index (κ3) is 2.63.